The molecule has 0 aliphatic heterocycles. The Morgan fingerprint density at radius 1 is 1.53 bits per heavy atom. The average Bonchev–Trinajstić information content (AvgIpc) is 2.13. The third kappa shape index (κ3) is 4.60. The van der Waals surface area contributed by atoms with E-state index in [1.165, 1.54) is 0 Å². The molecule has 0 aromatic carbocycles. The fraction of sp³-hybridized carbons (Fsp3) is 0.600. The molecular weight excluding hydrogens is 194 g/mol. The van der Waals surface area contributed by atoms with E-state index < -0.39 is 17.5 Å². The molecule has 0 rings (SSSR count). The zero-order valence-electron chi connectivity index (χ0n) is 9.46. The number of carbonyl (C=O) groups excluding carboxylic acids is 2. The molecule has 4 N–H and O–H groups in total. The third-order valence-corrected chi connectivity index (χ3v) is 2.01. The van der Waals surface area contributed by atoms with Crippen molar-refractivity contribution >= 4 is 11.8 Å². The number of hydrogen-bond donors (Lipinski definition) is 3. The Labute approximate surface area is 90.1 Å². The molecule has 1 atom stereocenters. The summed E-state index contributed by atoms with van der Waals surface area (Å²) in [7, 11) is 0. The largest absolute Gasteiger partial charge is 0.368 e. The number of nitrogens with one attached hydrogen (secondary N) is 2. The highest BCUT2D eigenvalue weighted by Gasteiger charge is 2.28. The summed E-state index contributed by atoms with van der Waals surface area (Å²) in [5.41, 5.74) is 4.27. The maximum absolute atomic E-state index is 11.4. The summed E-state index contributed by atoms with van der Waals surface area (Å²) in [6.45, 7) is 8.82. The lowest BCUT2D eigenvalue weighted by Gasteiger charge is -2.26. The number of primary amides is 1. The van der Waals surface area contributed by atoms with Gasteiger partial charge in [-0.05, 0) is 20.8 Å². The van der Waals surface area contributed by atoms with Gasteiger partial charge in [-0.15, -0.1) is 6.58 Å². The van der Waals surface area contributed by atoms with Crippen LogP contribution in [-0.4, -0.2) is 29.9 Å². The van der Waals surface area contributed by atoms with E-state index in [4.69, 9.17) is 5.73 Å². The van der Waals surface area contributed by atoms with Gasteiger partial charge in [0.1, 0.15) is 0 Å². The van der Waals surface area contributed by atoms with Crippen molar-refractivity contribution in [3.63, 3.8) is 0 Å². The van der Waals surface area contributed by atoms with Gasteiger partial charge in [0.2, 0.25) is 11.8 Å². The van der Waals surface area contributed by atoms with Crippen LogP contribution in [0.25, 0.3) is 0 Å². The van der Waals surface area contributed by atoms with Gasteiger partial charge >= 0.3 is 0 Å². The lowest BCUT2D eigenvalue weighted by Crippen LogP contribution is -2.57. The minimum atomic E-state index is -0.898. The van der Waals surface area contributed by atoms with E-state index >= 15 is 0 Å². The molecule has 0 heterocycles. The molecule has 5 heteroatoms. The Hall–Kier alpha value is -1.36. The first kappa shape index (κ1) is 13.6. The molecule has 0 aliphatic carbocycles. The molecule has 1 unspecified atom stereocenters. The van der Waals surface area contributed by atoms with Crippen molar-refractivity contribution in [2.24, 2.45) is 5.73 Å². The molecule has 5 nitrogen and oxygen atoms in total. The fourth-order valence-corrected chi connectivity index (χ4v) is 1.00. The van der Waals surface area contributed by atoms with Crippen molar-refractivity contribution in [2.75, 3.05) is 6.54 Å². The molecule has 0 radical (unpaired) electrons. The summed E-state index contributed by atoms with van der Waals surface area (Å²) in [6, 6.07) is -0.479. The molecule has 0 saturated carbocycles. The second-order valence-electron chi connectivity index (χ2n) is 3.89. The van der Waals surface area contributed by atoms with Crippen LogP contribution >= 0.6 is 0 Å². The molecule has 0 bridgehead atoms. The standard InChI is InChI=1S/C10H19N3O2/c1-5-6-12-8(14)7(2)13-10(3,4)9(11)15/h5,7,13H,1,6H2,2-4H3,(H2,11,15)(H,12,14). The summed E-state index contributed by atoms with van der Waals surface area (Å²) in [5.74, 6) is -0.685. The van der Waals surface area contributed by atoms with Crippen LogP contribution in [0.15, 0.2) is 12.7 Å². The Morgan fingerprint density at radius 2 is 2.07 bits per heavy atom. The number of nitrogens with two attached hydrogens (primary N) is 1. The van der Waals surface area contributed by atoms with Crippen molar-refractivity contribution in [3.05, 3.63) is 12.7 Å². The summed E-state index contributed by atoms with van der Waals surface area (Å²) in [4.78, 5) is 22.4. The smallest absolute Gasteiger partial charge is 0.237 e. The Balaban J connectivity index is 4.23. The lowest BCUT2D eigenvalue weighted by atomic mass is 10.0. The zero-order chi connectivity index (χ0) is 12.1. The van der Waals surface area contributed by atoms with Gasteiger partial charge in [-0.3, -0.25) is 14.9 Å². The zero-order valence-corrected chi connectivity index (χ0v) is 9.46. The minimum absolute atomic E-state index is 0.191. The van der Waals surface area contributed by atoms with E-state index in [1.807, 2.05) is 0 Å². The molecule has 0 fully saturated rings. The topological polar surface area (TPSA) is 84.2 Å². The Morgan fingerprint density at radius 3 is 2.47 bits per heavy atom. The third-order valence-electron chi connectivity index (χ3n) is 2.01. The minimum Gasteiger partial charge on any atom is -0.368 e. The van der Waals surface area contributed by atoms with Gasteiger partial charge in [0, 0.05) is 6.54 Å². The number of hydrogen-bond acceptors (Lipinski definition) is 3. The number of rotatable bonds is 6. The number of amides is 2. The van der Waals surface area contributed by atoms with Gasteiger partial charge in [0.15, 0.2) is 0 Å². The van der Waals surface area contributed by atoms with Gasteiger partial charge in [0.25, 0.3) is 0 Å². The molecule has 2 amide bonds. The second kappa shape index (κ2) is 5.50. The van der Waals surface area contributed by atoms with Crippen molar-refractivity contribution in [1.29, 1.82) is 0 Å². The molecule has 0 aromatic heterocycles. The van der Waals surface area contributed by atoms with Crippen LogP contribution < -0.4 is 16.4 Å². The van der Waals surface area contributed by atoms with Crippen molar-refractivity contribution in [2.45, 2.75) is 32.4 Å². The summed E-state index contributed by atoms with van der Waals surface area (Å²) in [5, 5.41) is 5.47. The molecule has 0 saturated heterocycles. The van der Waals surface area contributed by atoms with E-state index in [1.54, 1.807) is 26.8 Å². The fourth-order valence-electron chi connectivity index (χ4n) is 1.00. The van der Waals surface area contributed by atoms with E-state index in [0.29, 0.717) is 6.54 Å². The van der Waals surface area contributed by atoms with Gasteiger partial charge < -0.3 is 11.1 Å². The van der Waals surface area contributed by atoms with Gasteiger partial charge in [-0.2, -0.15) is 0 Å². The Kier molecular flexibility index (Phi) is 5.00. The van der Waals surface area contributed by atoms with Crippen LogP contribution in [0.4, 0.5) is 0 Å². The molecule has 0 spiro atoms. The van der Waals surface area contributed by atoms with Gasteiger partial charge in [0.05, 0.1) is 11.6 Å². The lowest BCUT2D eigenvalue weighted by molar-refractivity contribution is -0.126. The monoisotopic (exact) mass is 213 g/mol. The summed E-state index contributed by atoms with van der Waals surface area (Å²) < 4.78 is 0. The van der Waals surface area contributed by atoms with E-state index in [2.05, 4.69) is 17.2 Å². The molecule has 15 heavy (non-hydrogen) atoms. The van der Waals surface area contributed by atoms with E-state index in [9.17, 15) is 9.59 Å². The molecule has 0 aliphatic rings. The maximum Gasteiger partial charge on any atom is 0.237 e. The van der Waals surface area contributed by atoms with Crippen molar-refractivity contribution in [3.8, 4) is 0 Å². The van der Waals surface area contributed by atoms with Crippen LogP contribution in [-0.2, 0) is 9.59 Å². The summed E-state index contributed by atoms with van der Waals surface area (Å²) in [6.07, 6.45) is 1.59. The first-order chi connectivity index (χ1) is 6.81. The Bertz CT molecular complexity index is 261. The van der Waals surface area contributed by atoms with Crippen LogP contribution in [0.1, 0.15) is 20.8 Å². The quantitative estimate of drug-likeness (QED) is 0.521. The van der Waals surface area contributed by atoms with E-state index in [-0.39, 0.29) is 5.91 Å². The predicted octanol–water partition coefficient (Wildman–Crippen LogP) is -0.469. The van der Waals surface area contributed by atoms with Crippen LogP contribution in [0.2, 0.25) is 0 Å². The maximum atomic E-state index is 11.4. The van der Waals surface area contributed by atoms with Crippen LogP contribution in [0, 0.1) is 0 Å². The molecule has 0 aromatic rings. The highest BCUT2D eigenvalue weighted by atomic mass is 16.2. The molecular formula is C10H19N3O2. The van der Waals surface area contributed by atoms with Crippen molar-refractivity contribution < 1.29 is 9.59 Å². The van der Waals surface area contributed by atoms with Crippen LogP contribution in [0.5, 0.6) is 0 Å². The number of carbonyl (C=O) groups is 2. The highest BCUT2D eigenvalue weighted by Crippen LogP contribution is 2.02. The van der Waals surface area contributed by atoms with Gasteiger partial charge in [-0.1, -0.05) is 6.08 Å². The van der Waals surface area contributed by atoms with Crippen molar-refractivity contribution in [1.82, 2.24) is 10.6 Å². The average molecular weight is 213 g/mol. The van der Waals surface area contributed by atoms with E-state index in [0.717, 1.165) is 0 Å². The normalized spacial score (nSPS) is 13.0. The molecule has 86 valence electrons. The second-order valence-corrected chi connectivity index (χ2v) is 3.89. The predicted molar refractivity (Wildman–Crippen MR) is 59.1 cm³/mol. The first-order valence-corrected chi connectivity index (χ1v) is 4.77. The highest BCUT2D eigenvalue weighted by molar-refractivity contribution is 5.86. The first-order valence-electron chi connectivity index (χ1n) is 4.77. The summed E-state index contributed by atoms with van der Waals surface area (Å²) >= 11 is 0. The van der Waals surface area contributed by atoms with Gasteiger partial charge in [-0.25, -0.2) is 0 Å². The SMILES string of the molecule is C=CCNC(=O)C(C)NC(C)(C)C(N)=O. The van der Waals surface area contributed by atoms with Crippen LogP contribution in [0.3, 0.4) is 0 Å².